The highest BCUT2D eigenvalue weighted by Gasteiger charge is 2.72. The number of carbonyl (C=O) groups is 1. The number of oxime groups is 1. The van der Waals surface area contributed by atoms with Crippen LogP contribution in [0, 0.1) is 5.92 Å². The topological polar surface area (TPSA) is 142 Å². The molecule has 4 unspecified atom stereocenters. The molecule has 1 spiro atoms. The third kappa shape index (κ3) is 3.64. The Morgan fingerprint density at radius 3 is 2.56 bits per heavy atom. The number of carbonyl (C=O) groups excluding carboxylic acids is 1. The number of phenols is 2. The van der Waals surface area contributed by atoms with Crippen LogP contribution in [-0.2, 0) is 38.0 Å². The van der Waals surface area contributed by atoms with Gasteiger partial charge in [0.05, 0.1) is 16.7 Å². The first-order valence-electron chi connectivity index (χ1n) is 17.4. The molecule has 9 atom stereocenters. The molecule has 0 aromatic heterocycles. The van der Waals surface area contributed by atoms with E-state index in [0.29, 0.717) is 42.9 Å². The molecule has 7 aliphatic rings. The second kappa shape index (κ2) is 10.4. The van der Waals surface area contributed by atoms with E-state index in [1.165, 1.54) is 0 Å². The summed E-state index contributed by atoms with van der Waals surface area (Å²) in [6.07, 6.45) is 7.06. The van der Waals surface area contributed by atoms with Gasteiger partial charge >= 0.3 is 5.97 Å². The second-order valence-electron chi connectivity index (χ2n) is 14.9. The number of nitrogens with one attached hydrogen (secondary N) is 1. The lowest BCUT2D eigenvalue weighted by molar-refractivity contribution is -0.162. The van der Waals surface area contributed by atoms with Crippen molar-refractivity contribution in [3.8, 4) is 23.0 Å². The third-order valence-corrected chi connectivity index (χ3v) is 12.9. The van der Waals surface area contributed by atoms with Gasteiger partial charge < -0.3 is 44.6 Å². The number of esters is 1. The van der Waals surface area contributed by atoms with E-state index in [0.717, 1.165) is 48.1 Å². The number of hydrogen-bond donors (Lipinski definition) is 4. The standard InChI is InChI=1S/C37H43N3O8/c1-4-12-35-21-7-10-26(34(35)48-31-24(41)8-5-19(29(31)35)16-23(21)38-2)46-28(43)18-45-39-22-11-13-37(44)27-17-20-6-9-25(42)32-30(20)36(37,33(22)47-32)14-15-40(27)3/h5-10,21,23,26-27,33-34,38,41-42,44H,4,11-18H2,1-3H3/b39-22+/t21?,23?,26-,27?,33-,34?,35-,36-,37+/m0/s1. The molecule has 48 heavy (non-hydrogen) atoms. The summed E-state index contributed by atoms with van der Waals surface area (Å²) in [5, 5.41) is 42.0. The van der Waals surface area contributed by atoms with Crippen LogP contribution in [0.5, 0.6) is 23.0 Å². The maximum absolute atomic E-state index is 13.4. The molecular weight excluding hydrogens is 614 g/mol. The number of likely N-dealkylation sites (N-methyl/N-ethyl adjacent to an activating group) is 2. The first kappa shape index (κ1) is 30.3. The van der Waals surface area contributed by atoms with Crippen molar-refractivity contribution >= 4 is 11.7 Å². The molecule has 3 heterocycles. The number of ether oxygens (including phenoxy) is 3. The summed E-state index contributed by atoms with van der Waals surface area (Å²) < 4.78 is 19.0. The van der Waals surface area contributed by atoms with Crippen molar-refractivity contribution in [2.24, 2.45) is 11.1 Å². The van der Waals surface area contributed by atoms with Gasteiger partial charge in [0.15, 0.2) is 35.2 Å². The minimum absolute atomic E-state index is 0.0560. The highest BCUT2D eigenvalue weighted by molar-refractivity contribution is 5.94. The van der Waals surface area contributed by atoms with Gasteiger partial charge in [-0.15, -0.1) is 0 Å². The van der Waals surface area contributed by atoms with Crippen LogP contribution in [0.3, 0.4) is 0 Å². The number of aliphatic hydroxyl groups is 1. The Morgan fingerprint density at radius 1 is 1.06 bits per heavy atom. The molecule has 2 aromatic rings. The van der Waals surface area contributed by atoms with E-state index < -0.39 is 47.3 Å². The number of rotatable bonds is 7. The number of aromatic hydroxyl groups is 2. The van der Waals surface area contributed by atoms with Crippen LogP contribution >= 0.6 is 0 Å². The molecule has 9 rings (SSSR count). The predicted molar refractivity (Wildman–Crippen MR) is 175 cm³/mol. The van der Waals surface area contributed by atoms with E-state index in [-0.39, 0.29) is 29.5 Å². The lowest BCUT2D eigenvalue weighted by Crippen LogP contribution is -2.76. The monoisotopic (exact) mass is 657 g/mol. The van der Waals surface area contributed by atoms with E-state index in [2.05, 4.69) is 35.4 Å². The largest absolute Gasteiger partial charge is 0.504 e. The molecule has 3 aliphatic heterocycles. The number of benzene rings is 2. The Hall–Kier alpha value is -3.80. The fraction of sp³-hybridized carbons (Fsp3) is 0.568. The number of likely N-dealkylation sites (tertiary alicyclic amines) is 1. The van der Waals surface area contributed by atoms with Gasteiger partial charge in [-0.25, -0.2) is 4.79 Å². The Morgan fingerprint density at radius 2 is 1.81 bits per heavy atom. The first-order chi connectivity index (χ1) is 23.2. The number of phenolic OH excluding ortho intramolecular Hbond substituents is 2. The molecule has 254 valence electrons. The normalized spacial score (nSPS) is 38.5. The minimum Gasteiger partial charge on any atom is -0.504 e. The predicted octanol–water partition coefficient (Wildman–Crippen LogP) is 3.00. The van der Waals surface area contributed by atoms with Crippen LogP contribution in [-0.4, -0.2) is 95.1 Å². The zero-order chi connectivity index (χ0) is 33.2. The third-order valence-electron chi connectivity index (χ3n) is 12.9. The molecule has 2 aromatic carbocycles. The zero-order valence-corrected chi connectivity index (χ0v) is 27.6. The van der Waals surface area contributed by atoms with E-state index in [1.807, 2.05) is 25.3 Å². The van der Waals surface area contributed by atoms with Crippen molar-refractivity contribution in [3.05, 3.63) is 58.7 Å². The van der Waals surface area contributed by atoms with Crippen molar-refractivity contribution in [2.45, 2.75) is 98.7 Å². The molecule has 1 saturated carbocycles. The van der Waals surface area contributed by atoms with E-state index in [4.69, 9.17) is 19.0 Å². The van der Waals surface area contributed by atoms with Crippen LogP contribution in [0.4, 0.5) is 0 Å². The Kier molecular flexibility index (Phi) is 6.53. The molecule has 0 radical (unpaired) electrons. The van der Waals surface area contributed by atoms with Gasteiger partial charge in [-0.3, -0.25) is 0 Å². The Labute approximate surface area is 279 Å². The number of nitrogens with zero attached hydrogens (tertiary/aromatic N) is 2. The van der Waals surface area contributed by atoms with Gasteiger partial charge in [0.25, 0.3) is 0 Å². The van der Waals surface area contributed by atoms with Gasteiger partial charge in [0.1, 0.15) is 6.10 Å². The summed E-state index contributed by atoms with van der Waals surface area (Å²) >= 11 is 0. The minimum atomic E-state index is -1.05. The summed E-state index contributed by atoms with van der Waals surface area (Å²) in [5.41, 5.74) is 2.52. The molecule has 2 bridgehead atoms. The van der Waals surface area contributed by atoms with Crippen molar-refractivity contribution in [1.82, 2.24) is 10.2 Å². The van der Waals surface area contributed by atoms with Crippen LogP contribution in [0.1, 0.15) is 61.3 Å². The van der Waals surface area contributed by atoms with Gasteiger partial charge in [-0.2, -0.15) is 0 Å². The molecule has 11 heteroatoms. The second-order valence-corrected chi connectivity index (χ2v) is 14.9. The smallest absolute Gasteiger partial charge is 0.347 e. The maximum atomic E-state index is 13.4. The SMILES string of the molecule is CCC[C@]12c3c4ccc(O)c3OC1[C@@H](OC(=O)CO/N=C1\CC[C@@]3(O)C5Cc6ccc(O)c7c6[C@@]3(CCN5C)[C@H]1O7)C=CC2C(NC)C4. The van der Waals surface area contributed by atoms with Crippen molar-refractivity contribution in [2.75, 3.05) is 27.2 Å². The molecule has 11 nitrogen and oxygen atoms in total. The molecule has 2 fully saturated rings. The number of piperidine rings is 1. The quantitative estimate of drug-likeness (QED) is 0.200. The summed E-state index contributed by atoms with van der Waals surface area (Å²) in [7, 11) is 4.03. The fourth-order valence-electron chi connectivity index (χ4n) is 11.1. The van der Waals surface area contributed by atoms with Crippen LogP contribution in [0.15, 0.2) is 41.6 Å². The van der Waals surface area contributed by atoms with Crippen molar-refractivity contribution in [1.29, 1.82) is 0 Å². The summed E-state index contributed by atoms with van der Waals surface area (Å²) in [6, 6.07) is 7.39. The number of hydrogen-bond acceptors (Lipinski definition) is 11. The maximum Gasteiger partial charge on any atom is 0.347 e. The molecule has 4 aliphatic carbocycles. The Balaban J connectivity index is 0.966. The summed E-state index contributed by atoms with van der Waals surface area (Å²) in [4.78, 5) is 21.3. The summed E-state index contributed by atoms with van der Waals surface area (Å²) in [6.45, 7) is 2.51. The molecule has 4 N–H and O–H groups in total. The highest BCUT2D eigenvalue weighted by Crippen LogP contribution is 2.65. The van der Waals surface area contributed by atoms with Crippen LogP contribution in [0.2, 0.25) is 0 Å². The van der Waals surface area contributed by atoms with E-state index >= 15 is 0 Å². The van der Waals surface area contributed by atoms with Gasteiger partial charge in [-0.1, -0.05) is 36.7 Å². The van der Waals surface area contributed by atoms with E-state index in [9.17, 15) is 20.1 Å². The zero-order valence-electron chi connectivity index (χ0n) is 27.6. The lowest BCUT2D eigenvalue weighted by Gasteiger charge is -2.62. The Bertz CT molecular complexity index is 1780. The lowest BCUT2D eigenvalue weighted by atomic mass is 9.49. The van der Waals surface area contributed by atoms with Crippen LogP contribution in [0.25, 0.3) is 0 Å². The molecular formula is C37H43N3O8. The van der Waals surface area contributed by atoms with Gasteiger partial charge in [0, 0.05) is 34.5 Å². The van der Waals surface area contributed by atoms with Crippen LogP contribution < -0.4 is 14.8 Å². The summed E-state index contributed by atoms with van der Waals surface area (Å²) in [5.74, 6) is 0.613. The molecule has 0 amide bonds. The van der Waals surface area contributed by atoms with Crippen molar-refractivity contribution < 1.29 is 39.2 Å². The average Bonchev–Trinajstić information content (AvgIpc) is 3.61. The first-order valence-corrected chi connectivity index (χ1v) is 17.4. The molecule has 1 saturated heterocycles. The van der Waals surface area contributed by atoms with Crippen molar-refractivity contribution in [3.63, 3.8) is 0 Å². The van der Waals surface area contributed by atoms with Gasteiger partial charge in [-0.05, 0) is 88.5 Å². The highest BCUT2D eigenvalue weighted by atomic mass is 16.7. The fourth-order valence-corrected chi connectivity index (χ4v) is 11.1. The van der Waals surface area contributed by atoms with E-state index in [1.54, 1.807) is 12.1 Å². The van der Waals surface area contributed by atoms with Gasteiger partial charge in [0.2, 0.25) is 6.61 Å². The average molecular weight is 658 g/mol.